The van der Waals surface area contributed by atoms with Gasteiger partial charge in [0.25, 0.3) is 5.91 Å². The van der Waals surface area contributed by atoms with Crippen LogP contribution in [-0.4, -0.2) is 62.8 Å². The van der Waals surface area contributed by atoms with Crippen molar-refractivity contribution in [3.8, 4) is 0 Å². The molecule has 0 bridgehead atoms. The van der Waals surface area contributed by atoms with Gasteiger partial charge in [0.2, 0.25) is 10.0 Å². The highest BCUT2D eigenvalue weighted by Gasteiger charge is 2.27. The average molecular weight is 394 g/mol. The lowest BCUT2D eigenvalue weighted by Gasteiger charge is -2.30. The van der Waals surface area contributed by atoms with Crippen molar-refractivity contribution >= 4 is 15.9 Å². The van der Waals surface area contributed by atoms with E-state index in [-0.39, 0.29) is 10.8 Å². The lowest BCUT2D eigenvalue weighted by molar-refractivity contribution is 0.0950. The van der Waals surface area contributed by atoms with Crippen LogP contribution in [0, 0.1) is 5.92 Å². The van der Waals surface area contributed by atoms with Crippen LogP contribution >= 0.6 is 0 Å². The van der Waals surface area contributed by atoms with Crippen LogP contribution in [0.2, 0.25) is 0 Å². The molecule has 6 nitrogen and oxygen atoms in total. The van der Waals surface area contributed by atoms with Crippen LogP contribution in [0.25, 0.3) is 0 Å². The van der Waals surface area contributed by atoms with Gasteiger partial charge in [0.15, 0.2) is 0 Å². The molecule has 3 rings (SSSR count). The number of rotatable bonds is 7. The SMILES string of the molecule is C[C@@H]1CCCN(CCCNC(=O)c2cccc(S(=O)(=O)N3CCCC3)c2)C1. The molecule has 1 amide bonds. The summed E-state index contributed by atoms with van der Waals surface area (Å²) in [4.78, 5) is 15.1. The maximum atomic E-state index is 12.7. The maximum absolute atomic E-state index is 12.7. The largest absolute Gasteiger partial charge is 0.352 e. The van der Waals surface area contributed by atoms with Gasteiger partial charge in [-0.2, -0.15) is 4.31 Å². The van der Waals surface area contributed by atoms with Crippen molar-refractivity contribution in [2.45, 2.75) is 43.9 Å². The quantitative estimate of drug-likeness (QED) is 0.722. The highest BCUT2D eigenvalue weighted by atomic mass is 32.2. The number of carbonyl (C=O) groups excluding carboxylic acids is 1. The number of piperidine rings is 1. The molecule has 0 unspecified atom stereocenters. The second-order valence-corrected chi connectivity index (χ2v) is 9.73. The number of carbonyl (C=O) groups is 1. The van der Waals surface area contributed by atoms with Crippen LogP contribution in [-0.2, 0) is 10.0 Å². The highest BCUT2D eigenvalue weighted by Crippen LogP contribution is 2.21. The molecule has 0 radical (unpaired) electrons. The van der Waals surface area contributed by atoms with Crippen molar-refractivity contribution < 1.29 is 13.2 Å². The van der Waals surface area contributed by atoms with Crippen molar-refractivity contribution in [1.29, 1.82) is 0 Å². The third kappa shape index (κ3) is 5.30. The Balaban J connectivity index is 1.51. The zero-order chi connectivity index (χ0) is 19.3. The van der Waals surface area contributed by atoms with Gasteiger partial charge in [0, 0.05) is 31.7 Å². The lowest BCUT2D eigenvalue weighted by Crippen LogP contribution is -2.36. The Kier molecular flexibility index (Phi) is 6.89. The molecule has 1 N–H and O–H groups in total. The first-order valence-corrected chi connectivity index (χ1v) is 11.5. The molecule has 1 aromatic rings. The zero-order valence-corrected chi connectivity index (χ0v) is 17.0. The fraction of sp³-hybridized carbons (Fsp3) is 0.650. The minimum Gasteiger partial charge on any atom is -0.352 e. The zero-order valence-electron chi connectivity index (χ0n) is 16.2. The van der Waals surface area contributed by atoms with Gasteiger partial charge >= 0.3 is 0 Å². The Labute approximate surface area is 163 Å². The molecule has 2 fully saturated rings. The highest BCUT2D eigenvalue weighted by molar-refractivity contribution is 7.89. The topological polar surface area (TPSA) is 69.7 Å². The normalized spacial score (nSPS) is 22.0. The van der Waals surface area contributed by atoms with Gasteiger partial charge in [-0.3, -0.25) is 4.79 Å². The molecule has 2 aliphatic heterocycles. The number of benzene rings is 1. The molecule has 1 atom stereocenters. The summed E-state index contributed by atoms with van der Waals surface area (Å²) < 4.78 is 26.8. The van der Waals surface area contributed by atoms with Crippen LogP contribution in [0.15, 0.2) is 29.2 Å². The Morgan fingerprint density at radius 3 is 2.70 bits per heavy atom. The molecule has 27 heavy (non-hydrogen) atoms. The monoisotopic (exact) mass is 393 g/mol. The standard InChI is InChI=1S/C20H31N3O3S/c1-17-7-5-11-22(16-17)12-6-10-21-20(24)18-8-4-9-19(15-18)27(25,26)23-13-2-3-14-23/h4,8-9,15,17H,2-3,5-7,10-14,16H2,1H3,(H,21,24)/t17-/m1/s1. The molecule has 0 saturated carbocycles. The van der Waals surface area contributed by atoms with Crippen molar-refractivity contribution in [3.63, 3.8) is 0 Å². The van der Waals surface area contributed by atoms with Crippen LogP contribution in [0.1, 0.15) is 49.4 Å². The van der Waals surface area contributed by atoms with E-state index in [4.69, 9.17) is 0 Å². The number of nitrogens with one attached hydrogen (secondary N) is 1. The first-order chi connectivity index (χ1) is 13.0. The van der Waals surface area contributed by atoms with E-state index >= 15 is 0 Å². The summed E-state index contributed by atoms with van der Waals surface area (Å²) >= 11 is 0. The number of sulfonamides is 1. The molecular weight excluding hydrogens is 362 g/mol. The fourth-order valence-corrected chi connectivity index (χ4v) is 5.54. The van der Waals surface area contributed by atoms with E-state index in [1.54, 1.807) is 18.2 Å². The molecule has 1 aromatic carbocycles. The van der Waals surface area contributed by atoms with Gasteiger partial charge in [0.1, 0.15) is 0 Å². The van der Waals surface area contributed by atoms with E-state index in [1.807, 2.05) is 0 Å². The Morgan fingerprint density at radius 2 is 1.96 bits per heavy atom. The average Bonchev–Trinajstić information content (AvgIpc) is 3.21. The molecule has 150 valence electrons. The minimum absolute atomic E-state index is 0.208. The summed E-state index contributed by atoms with van der Waals surface area (Å²) in [7, 11) is -3.49. The predicted octanol–water partition coefficient (Wildman–Crippen LogP) is 2.32. The van der Waals surface area contributed by atoms with Crippen molar-refractivity contribution in [1.82, 2.24) is 14.5 Å². The Bertz CT molecular complexity index is 745. The molecule has 7 heteroatoms. The Hall–Kier alpha value is -1.44. The molecule has 2 aliphatic rings. The van der Waals surface area contributed by atoms with E-state index in [0.29, 0.717) is 25.2 Å². The molecule has 0 spiro atoms. The molecular formula is C20H31N3O3S. The summed E-state index contributed by atoms with van der Waals surface area (Å²) in [6.45, 7) is 7.30. The van der Waals surface area contributed by atoms with Gasteiger partial charge in [-0.1, -0.05) is 13.0 Å². The summed E-state index contributed by atoms with van der Waals surface area (Å²) in [6.07, 6.45) is 5.27. The van der Waals surface area contributed by atoms with E-state index in [2.05, 4.69) is 17.1 Å². The third-order valence-electron chi connectivity index (χ3n) is 5.48. The summed E-state index contributed by atoms with van der Waals surface area (Å²) in [5.74, 6) is 0.550. The number of amides is 1. The number of hydrogen-bond acceptors (Lipinski definition) is 4. The Morgan fingerprint density at radius 1 is 1.19 bits per heavy atom. The van der Waals surface area contributed by atoms with Crippen molar-refractivity contribution in [2.24, 2.45) is 5.92 Å². The second-order valence-electron chi connectivity index (χ2n) is 7.80. The molecule has 2 saturated heterocycles. The molecule has 2 heterocycles. The molecule has 0 aliphatic carbocycles. The van der Waals surface area contributed by atoms with E-state index < -0.39 is 10.0 Å². The van der Waals surface area contributed by atoms with Crippen LogP contribution in [0.5, 0.6) is 0 Å². The van der Waals surface area contributed by atoms with E-state index in [9.17, 15) is 13.2 Å². The summed E-state index contributed by atoms with van der Waals surface area (Å²) in [5.41, 5.74) is 0.405. The van der Waals surface area contributed by atoms with E-state index in [0.717, 1.165) is 44.8 Å². The maximum Gasteiger partial charge on any atom is 0.251 e. The van der Waals surface area contributed by atoms with Crippen molar-refractivity contribution in [2.75, 3.05) is 39.3 Å². The van der Waals surface area contributed by atoms with E-state index in [1.165, 1.54) is 23.2 Å². The summed E-state index contributed by atoms with van der Waals surface area (Å²) in [6, 6.07) is 6.38. The van der Waals surface area contributed by atoms with Gasteiger partial charge < -0.3 is 10.2 Å². The van der Waals surface area contributed by atoms with Crippen LogP contribution in [0.4, 0.5) is 0 Å². The van der Waals surface area contributed by atoms with Gasteiger partial charge in [-0.05, 0) is 69.3 Å². The number of hydrogen-bond donors (Lipinski definition) is 1. The second kappa shape index (κ2) is 9.17. The van der Waals surface area contributed by atoms with Crippen LogP contribution in [0.3, 0.4) is 0 Å². The number of likely N-dealkylation sites (tertiary alicyclic amines) is 1. The smallest absolute Gasteiger partial charge is 0.251 e. The molecule has 0 aromatic heterocycles. The third-order valence-corrected chi connectivity index (χ3v) is 7.37. The predicted molar refractivity (Wildman–Crippen MR) is 106 cm³/mol. The lowest BCUT2D eigenvalue weighted by atomic mass is 10.0. The van der Waals surface area contributed by atoms with Gasteiger partial charge in [-0.15, -0.1) is 0 Å². The first-order valence-electron chi connectivity index (χ1n) is 10.1. The van der Waals surface area contributed by atoms with Gasteiger partial charge in [0.05, 0.1) is 4.90 Å². The minimum atomic E-state index is -3.49. The summed E-state index contributed by atoms with van der Waals surface area (Å²) in [5, 5.41) is 2.92. The number of nitrogens with zero attached hydrogens (tertiary/aromatic N) is 2. The van der Waals surface area contributed by atoms with Crippen LogP contribution < -0.4 is 5.32 Å². The van der Waals surface area contributed by atoms with Gasteiger partial charge in [-0.25, -0.2) is 8.42 Å². The first kappa shape index (κ1) is 20.3. The van der Waals surface area contributed by atoms with Crippen molar-refractivity contribution in [3.05, 3.63) is 29.8 Å². The fourth-order valence-electron chi connectivity index (χ4n) is 3.97.